The Balaban J connectivity index is 1.44. The van der Waals surface area contributed by atoms with E-state index in [0.717, 1.165) is 29.7 Å². The summed E-state index contributed by atoms with van der Waals surface area (Å²) in [5, 5.41) is 32.9. The number of aromatic hydroxyl groups is 2. The molecule has 0 saturated carbocycles. The van der Waals surface area contributed by atoms with E-state index in [2.05, 4.69) is 5.32 Å². The third-order valence-corrected chi connectivity index (χ3v) is 6.35. The number of piperidine rings is 1. The number of benzene rings is 2. The molecule has 2 aromatic carbocycles. The van der Waals surface area contributed by atoms with Gasteiger partial charge in [-0.3, -0.25) is 4.79 Å². The van der Waals surface area contributed by atoms with Gasteiger partial charge in [0.25, 0.3) is 5.91 Å². The summed E-state index contributed by atoms with van der Waals surface area (Å²) < 4.78 is 0. The molecule has 1 saturated heterocycles. The van der Waals surface area contributed by atoms with Crippen LogP contribution in [0.3, 0.4) is 0 Å². The summed E-state index contributed by atoms with van der Waals surface area (Å²) in [6.07, 6.45) is 0.643. The van der Waals surface area contributed by atoms with E-state index in [1.165, 1.54) is 11.0 Å². The molecule has 32 heavy (non-hydrogen) atoms. The zero-order valence-corrected chi connectivity index (χ0v) is 18.3. The number of carbonyl (C=O) groups excluding carboxylic acids is 1. The fraction of sp³-hybridized carbons (Fsp3) is 0.417. The van der Waals surface area contributed by atoms with Gasteiger partial charge in [0.1, 0.15) is 11.5 Å². The van der Waals surface area contributed by atoms with E-state index in [9.17, 15) is 19.8 Å². The van der Waals surface area contributed by atoms with E-state index >= 15 is 0 Å². The minimum Gasteiger partial charge on any atom is -0.508 e. The summed E-state index contributed by atoms with van der Waals surface area (Å²) in [5.74, 6) is -0.475. The molecule has 4 N–H and O–H groups in total. The molecule has 0 unspecified atom stereocenters. The largest absolute Gasteiger partial charge is 0.508 e. The molecule has 2 heterocycles. The SMILES string of the molecule is CC(C)c1cc(C(=O)N2Cc3ccc(NC4CCN(C(=O)O)CC4)cc3C2)c(O)cc1O. The van der Waals surface area contributed by atoms with Gasteiger partial charge in [-0.25, -0.2) is 4.79 Å². The first kappa shape index (κ1) is 21.8. The normalized spacial score (nSPS) is 16.3. The third-order valence-electron chi connectivity index (χ3n) is 6.35. The maximum Gasteiger partial charge on any atom is 0.407 e. The zero-order valence-electron chi connectivity index (χ0n) is 18.3. The number of nitrogens with one attached hydrogen (secondary N) is 1. The maximum atomic E-state index is 13.1. The van der Waals surface area contributed by atoms with Gasteiger partial charge in [0.05, 0.1) is 5.56 Å². The lowest BCUT2D eigenvalue weighted by Crippen LogP contribution is -2.41. The minimum atomic E-state index is -0.870. The molecule has 0 atom stereocenters. The van der Waals surface area contributed by atoms with Crippen LogP contribution in [0.25, 0.3) is 0 Å². The Kier molecular flexibility index (Phi) is 5.86. The van der Waals surface area contributed by atoms with Crippen molar-refractivity contribution >= 4 is 17.7 Å². The highest BCUT2D eigenvalue weighted by atomic mass is 16.4. The standard InChI is InChI=1S/C24H29N3O5/c1-14(2)19-10-20(22(29)11-21(19)28)23(30)27-12-15-3-4-18(9-16(15)13-27)25-17-5-7-26(8-6-17)24(31)32/h3-4,9-11,14,17,25,28-29H,5-8,12-13H2,1-2H3,(H,31,32). The number of nitrogens with zero attached hydrogens (tertiary/aromatic N) is 2. The number of phenols is 2. The Morgan fingerprint density at radius 3 is 2.31 bits per heavy atom. The monoisotopic (exact) mass is 439 g/mol. The molecule has 8 nitrogen and oxygen atoms in total. The van der Waals surface area contributed by atoms with Gasteiger partial charge < -0.3 is 30.4 Å². The van der Waals surface area contributed by atoms with E-state index in [-0.39, 0.29) is 34.9 Å². The lowest BCUT2D eigenvalue weighted by molar-refractivity contribution is 0.0748. The van der Waals surface area contributed by atoms with E-state index in [1.54, 1.807) is 11.0 Å². The van der Waals surface area contributed by atoms with Crippen LogP contribution in [0.4, 0.5) is 10.5 Å². The lowest BCUT2D eigenvalue weighted by atomic mass is 9.98. The third kappa shape index (κ3) is 4.30. The summed E-state index contributed by atoms with van der Waals surface area (Å²) in [4.78, 5) is 27.3. The number of likely N-dealkylation sites (tertiary alicyclic amines) is 1. The molecular weight excluding hydrogens is 410 g/mol. The Morgan fingerprint density at radius 2 is 1.66 bits per heavy atom. The van der Waals surface area contributed by atoms with Crippen LogP contribution in [0.1, 0.15) is 59.7 Å². The van der Waals surface area contributed by atoms with E-state index in [0.29, 0.717) is 31.7 Å². The first-order valence-corrected chi connectivity index (χ1v) is 10.9. The molecule has 170 valence electrons. The Labute approximate surface area is 187 Å². The summed E-state index contributed by atoms with van der Waals surface area (Å²) >= 11 is 0. The quantitative estimate of drug-likeness (QED) is 0.574. The van der Waals surface area contributed by atoms with Crippen molar-refractivity contribution in [3.05, 3.63) is 52.6 Å². The van der Waals surface area contributed by atoms with Crippen molar-refractivity contribution in [2.24, 2.45) is 0 Å². The van der Waals surface area contributed by atoms with Crippen molar-refractivity contribution in [3.63, 3.8) is 0 Å². The van der Waals surface area contributed by atoms with Gasteiger partial charge in [0, 0.05) is 44.0 Å². The first-order valence-electron chi connectivity index (χ1n) is 10.9. The molecule has 0 aliphatic carbocycles. The summed E-state index contributed by atoms with van der Waals surface area (Å²) in [7, 11) is 0. The fourth-order valence-corrected chi connectivity index (χ4v) is 4.48. The van der Waals surface area contributed by atoms with Crippen LogP contribution in [0, 0.1) is 0 Å². The van der Waals surface area contributed by atoms with Crippen molar-refractivity contribution < 1.29 is 24.9 Å². The molecule has 2 aliphatic heterocycles. The van der Waals surface area contributed by atoms with E-state index in [1.807, 2.05) is 32.0 Å². The molecule has 2 aliphatic rings. The van der Waals surface area contributed by atoms with Crippen LogP contribution in [0.2, 0.25) is 0 Å². The smallest absolute Gasteiger partial charge is 0.407 e. The number of carboxylic acid groups (broad SMARTS) is 1. The van der Waals surface area contributed by atoms with Crippen molar-refractivity contribution in [1.29, 1.82) is 0 Å². The highest BCUT2D eigenvalue weighted by Crippen LogP contribution is 2.35. The molecule has 0 radical (unpaired) electrons. The van der Waals surface area contributed by atoms with Crippen molar-refractivity contribution in [2.75, 3.05) is 18.4 Å². The Bertz CT molecular complexity index is 1040. The van der Waals surface area contributed by atoms with Crippen molar-refractivity contribution in [2.45, 2.75) is 51.7 Å². The van der Waals surface area contributed by atoms with Gasteiger partial charge in [-0.05, 0) is 53.6 Å². The second-order valence-electron chi connectivity index (χ2n) is 8.92. The van der Waals surface area contributed by atoms with Crippen LogP contribution in [0.15, 0.2) is 30.3 Å². The van der Waals surface area contributed by atoms with Crippen LogP contribution >= 0.6 is 0 Å². The Morgan fingerprint density at radius 1 is 0.969 bits per heavy atom. The number of phenolic OH excluding ortho intramolecular Hbond substituents is 2. The molecule has 0 bridgehead atoms. The van der Waals surface area contributed by atoms with Gasteiger partial charge in [-0.1, -0.05) is 19.9 Å². The van der Waals surface area contributed by atoms with Gasteiger partial charge in [0.2, 0.25) is 0 Å². The van der Waals surface area contributed by atoms with Crippen LogP contribution < -0.4 is 5.32 Å². The molecular formula is C24H29N3O5. The predicted molar refractivity (Wildman–Crippen MR) is 120 cm³/mol. The number of hydrogen-bond donors (Lipinski definition) is 4. The molecule has 1 fully saturated rings. The summed E-state index contributed by atoms with van der Waals surface area (Å²) in [6, 6.07) is 9.08. The van der Waals surface area contributed by atoms with Crippen molar-refractivity contribution in [1.82, 2.24) is 9.80 Å². The number of amides is 2. The molecule has 4 rings (SSSR count). The molecule has 2 amide bonds. The molecule has 2 aromatic rings. The van der Waals surface area contributed by atoms with Gasteiger partial charge in [-0.2, -0.15) is 0 Å². The molecule has 8 heteroatoms. The highest BCUT2D eigenvalue weighted by Gasteiger charge is 2.28. The Hall–Kier alpha value is -3.42. The van der Waals surface area contributed by atoms with Gasteiger partial charge in [-0.15, -0.1) is 0 Å². The zero-order chi connectivity index (χ0) is 23.0. The van der Waals surface area contributed by atoms with Crippen LogP contribution in [-0.2, 0) is 13.1 Å². The average Bonchev–Trinajstić information content (AvgIpc) is 3.17. The number of anilines is 1. The molecule has 0 spiro atoms. The fourth-order valence-electron chi connectivity index (χ4n) is 4.48. The summed E-state index contributed by atoms with van der Waals surface area (Å²) in [5.41, 5.74) is 3.90. The van der Waals surface area contributed by atoms with Gasteiger partial charge in [0.15, 0.2) is 0 Å². The average molecular weight is 440 g/mol. The van der Waals surface area contributed by atoms with Gasteiger partial charge >= 0.3 is 6.09 Å². The van der Waals surface area contributed by atoms with Crippen LogP contribution in [-0.4, -0.2) is 56.3 Å². The second kappa shape index (κ2) is 8.61. The second-order valence-corrected chi connectivity index (χ2v) is 8.92. The van der Waals surface area contributed by atoms with Crippen LogP contribution in [0.5, 0.6) is 11.5 Å². The lowest BCUT2D eigenvalue weighted by Gasteiger charge is -2.31. The number of carbonyl (C=O) groups is 2. The van der Waals surface area contributed by atoms with E-state index < -0.39 is 6.09 Å². The maximum absolute atomic E-state index is 13.1. The first-order chi connectivity index (χ1) is 15.2. The predicted octanol–water partition coefficient (Wildman–Crippen LogP) is 3.93. The number of rotatable bonds is 4. The minimum absolute atomic E-state index is 0.0105. The topological polar surface area (TPSA) is 113 Å². The number of fused-ring (bicyclic) bond motifs is 1. The van der Waals surface area contributed by atoms with Crippen molar-refractivity contribution in [3.8, 4) is 11.5 Å². The highest BCUT2D eigenvalue weighted by molar-refractivity contribution is 5.97. The molecule has 0 aromatic heterocycles. The van der Waals surface area contributed by atoms with E-state index in [4.69, 9.17) is 5.11 Å². The number of hydrogen-bond acceptors (Lipinski definition) is 5. The summed E-state index contributed by atoms with van der Waals surface area (Å²) in [6.45, 7) is 5.79.